The summed E-state index contributed by atoms with van der Waals surface area (Å²) in [5.41, 5.74) is 3.68. The number of hydroxylamine groups is 1. The van der Waals surface area contributed by atoms with Crippen LogP contribution in [-0.2, 0) is 19.2 Å². The largest absolute Gasteiger partial charge is 0.341 e. The van der Waals surface area contributed by atoms with Crippen molar-refractivity contribution in [3.8, 4) is 0 Å². The summed E-state index contributed by atoms with van der Waals surface area (Å²) in [5.74, 6) is 3.50. The van der Waals surface area contributed by atoms with Crippen LogP contribution in [0.25, 0.3) is 0 Å². The molecule has 26 heavy (non-hydrogen) atoms. The van der Waals surface area contributed by atoms with Crippen molar-refractivity contribution in [2.24, 2.45) is 16.9 Å². The van der Waals surface area contributed by atoms with Crippen molar-refractivity contribution in [2.75, 3.05) is 11.4 Å². The molecule has 1 atom stereocenters. The average molecular weight is 358 g/mol. The Bertz CT molecular complexity index is 700. The highest BCUT2D eigenvalue weighted by Crippen LogP contribution is 2.27. The van der Waals surface area contributed by atoms with Gasteiger partial charge in [-0.3, -0.25) is 9.59 Å². The summed E-state index contributed by atoms with van der Waals surface area (Å²) < 4.78 is 0. The van der Waals surface area contributed by atoms with Gasteiger partial charge in [-0.2, -0.15) is 10.6 Å². The smallest absolute Gasteiger partial charge is 0.332 e. The maximum Gasteiger partial charge on any atom is 0.332 e. The molecule has 0 unspecified atom stereocenters. The van der Waals surface area contributed by atoms with E-state index >= 15 is 0 Å². The molecule has 0 spiro atoms. The van der Waals surface area contributed by atoms with Crippen molar-refractivity contribution >= 4 is 29.7 Å². The fourth-order valence-electron chi connectivity index (χ4n) is 2.66. The Hall–Kier alpha value is -3.16. The minimum Gasteiger partial charge on any atom is -0.341 e. The van der Waals surface area contributed by atoms with Crippen LogP contribution in [0.3, 0.4) is 0 Å². The van der Waals surface area contributed by atoms with E-state index in [4.69, 9.17) is 5.84 Å². The maximum atomic E-state index is 12.5. The summed E-state index contributed by atoms with van der Waals surface area (Å²) in [6.45, 7) is 4.03. The van der Waals surface area contributed by atoms with Gasteiger partial charge in [-0.15, -0.1) is 6.58 Å². The van der Waals surface area contributed by atoms with Crippen LogP contribution in [0.5, 0.6) is 0 Å². The summed E-state index contributed by atoms with van der Waals surface area (Å²) in [5, 5.41) is 3.45. The van der Waals surface area contributed by atoms with Gasteiger partial charge in [-0.05, 0) is 30.5 Å². The Morgan fingerprint density at radius 1 is 1.38 bits per heavy atom. The SMILES string of the molecule is C=CCCC(=O)ONC(=O)C[C@@H]1CCN(c2ccc(C=NN)cc2)C1=O. The van der Waals surface area contributed by atoms with Crippen LogP contribution >= 0.6 is 0 Å². The highest BCUT2D eigenvalue weighted by atomic mass is 16.7. The molecule has 0 saturated carbocycles. The number of nitrogens with one attached hydrogen (secondary N) is 1. The molecule has 3 N–H and O–H groups in total. The number of nitrogens with two attached hydrogens (primary N) is 1. The normalized spacial score (nSPS) is 16.7. The quantitative estimate of drug-likeness (QED) is 0.330. The summed E-state index contributed by atoms with van der Waals surface area (Å²) in [6.07, 6.45) is 4.25. The molecule has 2 amide bonds. The fourth-order valence-corrected chi connectivity index (χ4v) is 2.66. The molecule has 8 heteroatoms. The second-order valence-corrected chi connectivity index (χ2v) is 5.88. The van der Waals surface area contributed by atoms with Crippen LogP contribution in [0.2, 0.25) is 0 Å². The third-order valence-corrected chi connectivity index (χ3v) is 4.01. The van der Waals surface area contributed by atoms with Gasteiger partial charge in [0.2, 0.25) is 5.91 Å². The number of rotatable bonds is 7. The first-order chi connectivity index (χ1) is 12.5. The highest BCUT2D eigenvalue weighted by Gasteiger charge is 2.34. The second kappa shape index (κ2) is 9.36. The summed E-state index contributed by atoms with van der Waals surface area (Å²) in [4.78, 5) is 42.0. The van der Waals surface area contributed by atoms with E-state index in [0.717, 1.165) is 11.3 Å². The van der Waals surface area contributed by atoms with E-state index in [-0.39, 0.29) is 18.7 Å². The molecule has 1 aromatic carbocycles. The number of nitrogens with zero attached hydrogens (tertiary/aromatic N) is 2. The van der Waals surface area contributed by atoms with Crippen molar-refractivity contribution in [1.29, 1.82) is 0 Å². The van der Waals surface area contributed by atoms with Gasteiger partial charge < -0.3 is 15.6 Å². The molecule has 1 heterocycles. The van der Waals surface area contributed by atoms with Crippen molar-refractivity contribution < 1.29 is 19.2 Å². The third-order valence-electron chi connectivity index (χ3n) is 4.01. The lowest BCUT2D eigenvalue weighted by Crippen LogP contribution is -2.32. The number of amides is 2. The lowest BCUT2D eigenvalue weighted by molar-refractivity contribution is -0.158. The van der Waals surface area contributed by atoms with Crippen molar-refractivity contribution in [3.05, 3.63) is 42.5 Å². The zero-order valence-electron chi connectivity index (χ0n) is 14.4. The third kappa shape index (κ3) is 5.17. The first-order valence-corrected chi connectivity index (χ1v) is 8.29. The summed E-state index contributed by atoms with van der Waals surface area (Å²) in [6, 6.07) is 7.22. The van der Waals surface area contributed by atoms with Gasteiger partial charge in [-0.1, -0.05) is 18.2 Å². The Kier molecular flexibility index (Phi) is 6.90. The Balaban J connectivity index is 1.85. The molecule has 1 fully saturated rings. The molecule has 138 valence electrons. The zero-order chi connectivity index (χ0) is 18.9. The van der Waals surface area contributed by atoms with E-state index in [1.807, 2.05) is 12.1 Å². The molecule has 1 saturated heterocycles. The van der Waals surface area contributed by atoms with Crippen LogP contribution in [0.1, 0.15) is 31.2 Å². The van der Waals surface area contributed by atoms with E-state index in [1.54, 1.807) is 23.1 Å². The monoisotopic (exact) mass is 358 g/mol. The predicted molar refractivity (Wildman–Crippen MR) is 97.0 cm³/mol. The van der Waals surface area contributed by atoms with Crippen molar-refractivity contribution in [1.82, 2.24) is 5.48 Å². The molecule has 1 aromatic rings. The van der Waals surface area contributed by atoms with Crippen LogP contribution in [-0.4, -0.2) is 30.5 Å². The Labute approximate surface area is 151 Å². The van der Waals surface area contributed by atoms with Gasteiger partial charge >= 0.3 is 5.97 Å². The molecule has 0 aliphatic carbocycles. The minimum atomic E-state index is -0.543. The number of hydrazone groups is 1. The van der Waals surface area contributed by atoms with Crippen LogP contribution in [0.15, 0.2) is 42.0 Å². The fraction of sp³-hybridized carbons (Fsp3) is 0.333. The first-order valence-electron chi connectivity index (χ1n) is 8.29. The maximum absolute atomic E-state index is 12.5. The molecule has 1 aliphatic rings. The average Bonchev–Trinajstić information content (AvgIpc) is 2.99. The highest BCUT2D eigenvalue weighted by molar-refractivity contribution is 5.99. The molecule has 0 aromatic heterocycles. The van der Waals surface area contributed by atoms with E-state index < -0.39 is 17.8 Å². The molecule has 0 bridgehead atoms. The van der Waals surface area contributed by atoms with Crippen LogP contribution < -0.4 is 16.2 Å². The number of allylic oxidation sites excluding steroid dienone is 1. The number of benzene rings is 1. The first kappa shape index (κ1) is 19.2. The lowest BCUT2D eigenvalue weighted by atomic mass is 10.0. The summed E-state index contributed by atoms with van der Waals surface area (Å²) >= 11 is 0. The van der Waals surface area contributed by atoms with Crippen LogP contribution in [0.4, 0.5) is 5.69 Å². The Morgan fingerprint density at radius 3 is 2.77 bits per heavy atom. The van der Waals surface area contributed by atoms with Gasteiger partial charge in [0.1, 0.15) is 0 Å². The van der Waals surface area contributed by atoms with Crippen LogP contribution in [0, 0.1) is 5.92 Å². The van der Waals surface area contributed by atoms with Gasteiger partial charge in [0.25, 0.3) is 5.91 Å². The number of hydrogen-bond donors (Lipinski definition) is 2. The standard InChI is InChI=1S/C18H22N4O4/c1-2-3-4-17(24)26-21-16(23)11-14-9-10-22(18(14)25)15-7-5-13(6-8-15)12-20-19/h2,5-8,12,14H,1,3-4,9-11,19H2,(H,21,23)/t14-/m0/s1. The molecular formula is C18H22N4O4. The number of carbonyl (C=O) groups excluding carboxylic acids is 3. The van der Waals surface area contributed by atoms with E-state index in [0.29, 0.717) is 19.4 Å². The number of carbonyl (C=O) groups is 3. The summed E-state index contributed by atoms with van der Waals surface area (Å²) in [7, 11) is 0. The van der Waals surface area contributed by atoms with E-state index in [2.05, 4.69) is 22.0 Å². The number of anilines is 1. The van der Waals surface area contributed by atoms with Gasteiger partial charge in [0, 0.05) is 24.6 Å². The molecule has 0 radical (unpaired) electrons. The second-order valence-electron chi connectivity index (χ2n) is 5.88. The predicted octanol–water partition coefficient (Wildman–Crippen LogP) is 1.26. The number of hydrogen-bond acceptors (Lipinski definition) is 6. The minimum absolute atomic E-state index is 0.0258. The van der Waals surface area contributed by atoms with Crippen molar-refractivity contribution in [3.63, 3.8) is 0 Å². The molecular weight excluding hydrogens is 336 g/mol. The lowest BCUT2D eigenvalue weighted by Gasteiger charge is -2.17. The van der Waals surface area contributed by atoms with E-state index in [1.165, 1.54) is 6.21 Å². The zero-order valence-corrected chi connectivity index (χ0v) is 14.4. The van der Waals surface area contributed by atoms with Gasteiger partial charge in [-0.25, -0.2) is 4.79 Å². The topological polar surface area (TPSA) is 114 Å². The van der Waals surface area contributed by atoms with Gasteiger partial charge in [0.05, 0.1) is 12.6 Å². The van der Waals surface area contributed by atoms with Crippen molar-refractivity contribution in [2.45, 2.75) is 25.7 Å². The van der Waals surface area contributed by atoms with E-state index in [9.17, 15) is 14.4 Å². The van der Waals surface area contributed by atoms with Gasteiger partial charge in [0.15, 0.2) is 0 Å². The Morgan fingerprint density at radius 2 is 2.12 bits per heavy atom. The molecule has 2 rings (SSSR count). The molecule has 1 aliphatic heterocycles. The molecule has 8 nitrogen and oxygen atoms in total.